The van der Waals surface area contributed by atoms with Crippen LogP contribution in [0.5, 0.6) is 0 Å². The fourth-order valence-electron chi connectivity index (χ4n) is 2.37. The van der Waals surface area contributed by atoms with Gasteiger partial charge < -0.3 is 15.7 Å². The normalized spacial score (nSPS) is 13.1. The van der Waals surface area contributed by atoms with Crippen molar-refractivity contribution in [3.8, 4) is 0 Å². The highest BCUT2D eigenvalue weighted by molar-refractivity contribution is 5.79. The number of imidazole rings is 1. The van der Waals surface area contributed by atoms with Crippen LogP contribution in [-0.4, -0.2) is 40.3 Å². The first-order valence-electron chi connectivity index (χ1n) is 8.13. The molecule has 1 aromatic carbocycles. The molecule has 1 unspecified atom stereocenters. The molecule has 0 aliphatic carbocycles. The molecule has 0 amide bonds. The molecule has 8 heteroatoms. The summed E-state index contributed by atoms with van der Waals surface area (Å²) in [4.78, 5) is 8.20. The summed E-state index contributed by atoms with van der Waals surface area (Å²) in [5, 5.41) is 15.8. The molecule has 0 bridgehead atoms. The Hall–Kier alpha value is -2.48. The topological polar surface area (TPSA) is 74.5 Å². The summed E-state index contributed by atoms with van der Waals surface area (Å²) in [5.41, 5.74) is 1.02. The maximum Gasteiger partial charge on any atom is 0.319 e. The van der Waals surface area contributed by atoms with Gasteiger partial charge in [-0.15, -0.1) is 0 Å². The average molecular weight is 351 g/mol. The van der Waals surface area contributed by atoms with Gasteiger partial charge in [-0.3, -0.25) is 4.57 Å². The van der Waals surface area contributed by atoms with Gasteiger partial charge in [-0.2, -0.15) is 8.78 Å². The molecule has 0 saturated carbocycles. The van der Waals surface area contributed by atoms with Crippen molar-refractivity contribution >= 4 is 5.96 Å². The highest BCUT2D eigenvalue weighted by Gasteiger charge is 2.13. The molecular weight excluding hydrogens is 328 g/mol. The molecule has 6 nitrogen and oxygen atoms in total. The molecule has 3 N–H and O–H groups in total. The Balaban J connectivity index is 2.01. The second kappa shape index (κ2) is 9.73. The lowest BCUT2D eigenvalue weighted by Gasteiger charge is -2.18. The average Bonchev–Trinajstić information content (AvgIpc) is 3.10. The molecule has 0 aliphatic rings. The van der Waals surface area contributed by atoms with Gasteiger partial charge >= 0.3 is 6.55 Å². The van der Waals surface area contributed by atoms with Crippen LogP contribution in [0, 0.1) is 0 Å². The summed E-state index contributed by atoms with van der Waals surface area (Å²) in [6.45, 7) is 0.395. The number of benzene rings is 1. The van der Waals surface area contributed by atoms with Gasteiger partial charge in [0.2, 0.25) is 0 Å². The summed E-state index contributed by atoms with van der Waals surface area (Å²) in [6, 6.07) is 9.66. The van der Waals surface area contributed by atoms with E-state index < -0.39 is 6.55 Å². The van der Waals surface area contributed by atoms with Crippen molar-refractivity contribution in [1.29, 1.82) is 0 Å². The third-order valence-corrected chi connectivity index (χ3v) is 3.69. The molecule has 0 spiro atoms. The Kier molecular flexibility index (Phi) is 7.34. The molecule has 25 heavy (non-hydrogen) atoms. The van der Waals surface area contributed by atoms with Crippen LogP contribution in [0.3, 0.4) is 0 Å². The Bertz CT molecular complexity index is 660. The minimum Gasteiger partial charge on any atom is -0.396 e. The van der Waals surface area contributed by atoms with Gasteiger partial charge in [-0.1, -0.05) is 30.3 Å². The van der Waals surface area contributed by atoms with Gasteiger partial charge in [0.25, 0.3) is 0 Å². The maximum atomic E-state index is 12.8. The van der Waals surface area contributed by atoms with Crippen LogP contribution in [0.25, 0.3) is 0 Å². The van der Waals surface area contributed by atoms with Crippen molar-refractivity contribution in [2.75, 3.05) is 19.7 Å². The minimum absolute atomic E-state index is 0.00773. The fraction of sp³-hybridized carbons (Fsp3) is 0.412. The molecule has 1 atom stereocenters. The number of nitrogens with zero attached hydrogens (tertiary/aromatic N) is 3. The predicted molar refractivity (Wildman–Crippen MR) is 92.6 cm³/mol. The monoisotopic (exact) mass is 351 g/mol. The molecular formula is C17H23F2N5O. The van der Waals surface area contributed by atoms with E-state index in [1.54, 1.807) is 0 Å². The molecule has 0 fully saturated rings. The molecule has 1 aromatic heterocycles. The van der Waals surface area contributed by atoms with E-state index in [1.807, 2.05) is 37.3 Å². The number of aliphatic hydroxyl groups is 1. The highest BCUT2D eigenvalue weighted by atomic mass is 19.3. The summed E-state index contributed by atoms with van der Waals surface area (Å²) in [5.74, 6) is 0.586. The van der Waals surface area contributed by atoms with Crippen LogP contribution < -0.4 is 10.6 Å². The van der Waals surface area contributed by atoms with Crippen molar-refractivity contribution in [2.24, 2.45) is 4.99 Å². The third-order valence-electron chi connectivity index (χ3n) is 3.69. The lowest BCUT2D eigenvalue weighted by molar-refractivity contribution is 0.0671. The maximum absolute atomic E-state index is 12.8. The van der Waals surface area contributed by atoms with Gasteiger partial charge in [0.05, 0.1) is 6.61 Å². The number of aliphatic imine (C=N–C) groups is 1. The lowest BCUT2D eigenvalue weighted by Crippen LogP contribution is -2.40. The summed E-state index contributed by atoms with van der Waals surface area (Å²) in [7, 11) is 0. The van der Waals surface area contributed by atoms with E-state index in [-0.39, 0.29) is 24.9 Å². The van der Waals surface area contributed by atoms with E-state index in [4.69, 9.17) is 0 Å². The number of aliphatic hydroxyl groups excluding tert-OH is 1. The van der Waals surface area contributed by atoms with Crippen molar-refractivity contribution in [2.45, 2.75) is 25.9 Å². The van der Waals surface area contributed by atoms with Crippen LogP contribution in [0.15, 0.2) is 47.7 Å². The van der Waals surface area contributed by atoms with Crippen molar-refractivity contribution < 1.29 is 13.9 Å². The van der Waals surface area contributed by atoms with Crippen molar-refractivity contribution in [1.82, 2.24) is 20.2 Å². The van der Waals surface area contributed by atoms with Crippen LogP contribution in [0.1, 0.15) is 30.8 Å². The second-order valence-electron chi connectivity index (χ2n) is 5.39. The molecule has 0 saturated heterocycles. The molecule has 1 heterocycles. The van der Waals surface area contributed by atoms with Crippen LogP contribution >= 0.6 is 0 Å². The number of halogens is 2. The van der Waals surface area contributed by atoms with Gasteiger partial charge in [-0.25, -0.2) is 9.98 Å². The quantitative estimate of drug-likeness (QED) is 0.503. The van der Waals surface area contributed by atoms with E-state index in [2.05, 4.69) is 20.6 Å². The summed E-state index contributed by atoms with van der Waals surface area (Å²) < 4.78 is 26.5. The van der Waals surface area contributed by atoms with E-state index in [9.17, 15) is 13.9 Å². The number of guanidine groups is 1. The van der Waals surface area contributed by atoms with Crippen LogP contribution in [-0.2, 0) is 6.54 Å². The fourth-order valence-corrected chi connectivity index (χ4v) is 2.37. The van der Waals surface area contributed by atoms with E-state index >= 15 is 0 Å². The first kappa shape index (κ1) is 18.9. The molecule has 0 radical (unpaired) electrons. The standard InChI is InChI=1S/C17H23F2N5O/c1-2-20-17(23-11-15-21-8-9-24(15)16(18)19)22-10-14(12-25)13-6-4-3-5-7-13/h3-9,14,16,25H,2,10-12H2,1H3,(H2,20,22,23). The zero-order valence-electron chi connectivity index (χ0n) is 14.1. The first-order valence-corrected chi connectivity index (χ1v) is 8.13. The van der Waals surface area contributed by atoms with Crippen molar-refractivity contribution in [3.63, 3.8) is 0 Å². The number of alkyl halides is 2. The van der Waals surface area contributed by atoms with Gasteiger partial charge in [0.15, 0.2) is 5.96 Å². The Morgan fingerprint density at radius 2 is 2.04 bits per heavy atom. The van der Waals surface area contributed by atoms with E-state index in [0.717, 1.165) is 10.1 Å². The SMILES string of the molecule is CCNC(=NCc1nccn1C(F)F)NCC(CO)c1ccccc1. The zero-order valence-corrected chi connectivity index (χ0v) is 14.1. The van der Waals surface area contributed by atoms with Gasteiger partial charge in [-0.05, 0) is 12.5 Å². The Morgan fingerprint density at radius 1 is 1.28 bits per heavy atom. The van der Waals surface area contributed by atoms with E-state index in [0.29, 0.717) is 19.0 Å². The molecule has 0 aliphatic heterocycles. The lowest BCUT2D eigenvalue weighted by atomic mass is 10.0. The molecule has 136 valence electrons. The zero-order chi connectivity index (χ0) is 18.1. The molecule has 2 aromatic rings. The number of hydrogen-bond acceptors (Lipinski definition) is 3. The van der Waals surface area contributed by atoms with Gasteiger partial charge in [0.1, 0.15) is 12.4 Å². The Morgan fingerprint density at radius 3 is 2.68 bits per heavy atom. The highest BCUT2D eigenvalue weighted by Crippen LogP contribution is 2.14. The van der Waals surface area contributed by atoms with Gasteiger partial charge in [0, 0.05) is 31.4 Å². The predicted octanol–water partition coefficient (Wildman–Crippen LogP) is 2.11. The number of hydrogen-bond donors (Lipinski definition) is 3. The van der Waals surface area contributed by atoms with Crippen molar-refractivity contribution in [3.05, 3.63) is 54.1 Å². The van der Waals surface area contributed by atoms with E-state index in [1.165, 1.54) is 12.4 Å². The van der Waals surface area contributed by atoms with Crippen LogP contribution in [0.2, 0.25) is 0 Å². The largest absolute Gasteiger partial charge is 0.396 e. The Labute approximate surface area is 145 Å². The number of aromatic nitrogens is 2. The number of nitrogens with one attached hydrogen (secondary N) is 2. The number of rotatable bonds is 8. The summed E-state index contributed by atoms with van der Waals surface area (Å²) >= 11 is 0. The van der Waals surface area contributed by atoms with Crippen LogP contribution in [0.4, 0.5) is 8.78 Å². The summed E-state index contributed by atoms with van der Waals surface area (Å²) in [6.07, 6.45) is 2.56. The third kappa shape index (κ3) is 5.53. The second-order valence-corrected chi connectivity index (χ2v) is 5.39. The first-order chi connectivity index (χ1) is 12.2. The minimum atomic E-state index is -2.64. The smallest absolute Gasteiger partial charge is 0.319 e. The molecule has 2 rings (SSSR count).